The van der Waals surface area contributed by atoms with Gasteiger partial charge in [0.05, 0.1) is 6.61 Å². The van der Waals surface area contributed by atoms with Crippen LogP contribution < -0.4 is 5.32 Å². The number of aliphatic hydroxyl groups excluding tert-OH is 1. The third kappa shape index (κ3) is 3.60. The molecule has 1 amide bonds. The number of halogens is 7. The van der Waals surface area contributed by atoms with Crippen molar-refractivity contribution in [2.75, 3.05) is 13.2 Å². The average molecular weight is 427 g/mol. The second-order valence-electron chi connectivity index (χ2n) is 7.58. The summed E-state index contributed by atoms with van der Waals surface area (Å²) in [5.74, 6) is -0.815. The highest BCUT2D eigenvalue weighted by molar-refractivity contribution is 5.79. The summed E-state index contributed by atoms with van der Waals surface area (Å²) in [5.41, 5.74) is -6.07. The molecule has 2 aliphatic rings. The maximum Gasteiger partial charge on any atom is 0.435 e. The van der Waals surface area contributed by atoms with Gasteiger partial charge in [-0.2, -0.15) is 26.3 Å². The van der Waals surface area contributed by atoms with E-state index in [-0.39, 0.29) is 48.8 Å². The Bertz CT molecular complexity index is 761. The quantitative estimate of drug-likeness (QED) is 0.710. The Morgan fingerprint density at radius 2 is 1.69 bits per heavy atom. The zero-order valence-electron chi connectivity index (χ0n) is 15.2. The summed E-state index contributed by atoms with van der Waals surface area (Å²) in [5, 5.41) is 11.4. The fourth-order valence-electron chi connectivity index (χ4n) is 4.70. The van der Waals surface area contributed by atoms with Crippen molar-refractivity contribution in [1.29, 1.82) is 0 Å². The summed E-state index contributed by atoms with van der Waals surface area (Å²) < 4.78 is 92.4. The minimum absolute atomic E-state index is 0.0904. The lowest BCUT2D eigenvalue weighted by molar-refractivity contribution is -0.348. The van der Waals surface area contributed by atoms with E-state index in [2.05, 4.69) is 5.32 Å². The van der Waals surface area contributed by atoms with Crippen molar-refractivity contribution in [1.82, 2.24) is 5.32 Å². The number of amides is 1. The summed E-state index contributed by atoms with van der Waals surface area (Å²) in [7, 11) is 0. The summed E-state index contributed by atoms with van der Waals surface area (Å²) in [6, 6.07) is 2.37. The molecule has 1 aromatic rings. The summed E-state index contributed by atoms with van der Waals surface area (Å²) in [4.78, 5) is 12.3. The van der Waals surface area contributed by atoms with Crippen LogP contribution in [0.25, 0.3) is 0 Å². The normalized spacial score (nSPS) is 24.8. The maximum absolute atomic E-state index is 14.3. The number of aryl methyl sites for hydroxylation is 1. The average Bonchev–Trinajstić information content (AvgIpc) is 3.07. The van der Waals surface area contributed by atoms with Crippen molar-refractivity contribution in [3.8, 4) is 0 Å². The molecule has 2 aliphatic carbocycles. The predicted molar refractivity (Wildman–Crippen MR) is 88.7 cm³/mol. The molecular formula is C19H20F7NO2. The Kier molecular flexibility index (Phi) is 5.61. The number of nitrogens with one attached hydrogen (secondary N) is 1. The fourth-order valence-corrected chi connectivity index (χ4v) is 4.70. The Morgan fingerprint density at radius 1 is 1.03 bits per heavy atom. The van der Waals surface area contributed by atoms with E-state index >= 15 is 0 Å². The molecule has 3 rings (SSSR count). The Labute approximate surface area is 162 Å². The molecule has 0 aliphatic heterocycles. The molecule has 0 bridgehead atoms. The summed E-state index contributed by atoms with van der Waals surface area (Å²) in [6.45, 7) is -0.0955. The molecule has 2 N–H and O–H groups in total. The molecule has 0 unspecified atom stereocenters. The lowest BCUT2D eigenvalue weighted by Gasteiger charge is -2.34. The molecule has 162 valence electrons. The van der Waals surface area contributed by atoms with Gasteiger partial charge in [-0.1, -0.05) is 18.2 Å². The van der Waals surface area contributed by atoms with Crippen molar-refractivity contribution in [3.63, 3.8) is 0 Å². The molecule has 3 nitrogen and oxygen atoms in total. The van der Waals surface area contributed by atoms with E-state index in [1.165, 1.54) is 0 Å². The smallest absolute Gasteiger partial charge is 0.395 e. The second-order valence-corrected chi connectivity index (χ2v) is 7.58. The topological polar surface area (TPSA) is 49.3 Å². The van der Waals surface area contributed by atoms with Crippen molar-refractivity contribution in [2.24, 2.45) is 11.8 Å². The van der Waals surface area contributed by atoms with Gasteiger partial charge in [0.15, 0.2) is 0 Å². The highest BCUT2D eigenvalue weighted by atomic mass is 19.4. The van der Waals surface area contributed by atoms with E-state index in [0.717, 1.165) is 6.07 Å². The lowest BCUT2D eigenvalue weighted by Crippen LogP contribution is -2.50. The van der Waals surface area contributed by atoms with E-state index in [1.807, 2.05) is 0 Å². The van der Waals surface area contributed by atoms with Gasteiger partial charge in [0.1, 0.15) is 0 Å². The number of carbonyl (C=O) groups excluding carboxylic acids is 1. The van der Waals surface area contributed by atoms with Gasteiger partial charge in [-0.05, 0) is 48.6 Å². The van der Waals surface area contributed by atoms with Crippen LogP contribution in [0.15, 0.2) is 18.2 Å². The van der Waals surface area contributed by atoms with Gasteiger partial charge in [0, 0.05) is 18.0 Å². The van der Waals surface area contributed by atoms with Crippen LogP contribution in [0, 0.1) is 11.8 Å². The first kappa shape index (κ1) is 21.9. The van der Waals surface area contributed by atoms with Gasteiger partial charge in [0.2, 0.25) is 5.91 Å². The van der Waals surface area contributed by atoms with Crippen molar-refractivity contribution in [2.45, 2.75) is 49.6 Å². The Balaban J connectivity index is 1.91. The van der Waals surface area contributed by atoms with Gasteiger partial charge >= 0.3 is 18.0 Å². The highest BCUT2D eigenvalue weighted by Crippen LogP contribution is 2.55. The van der Waals surface area contributed by atoms with Crippen molar-refractivity contribution < 1.29 is 40.6 Å². The maximum atomic E-state index is 14.3. The van der Waals surface area contributed by atoms with Crippen LogP contribution in [-0.2, 0) is 16.9 Å². The highest BCUT2D eigenvalue weighted by Gasteiger charge is 2.73. The van der Waals surface area contributed by atoms with Gasteiger partial charge in [-0.3, -0.25) is 4.79 Å². The molecule has 0 spiro atoms. The molecule has 10 heteroatoms. The number of alkyl halides is 7. The summed E-state index contributed by atoms with van der Waals surface area (Å²) >= 11 is 0. The first-order valence-electron chi connectivity index (χ1n) is 9.26. The zero-order valence-corrected chi connectivity index (χ0v) is 15.2. The molecule has 0 radical (unpaired) electrons. The number of carbonyl (C=O) groups is 1. The van der Waals surface area contributed by atoms with Crippen LogP contribution in [0.1, 0.15) is 41.9 Å². The Morgan fingerprint density at radius 3 is 2.28 bits per heavy atom. The van der Waals surface area contributed by atoms with E-state index in [4.69, 9.17) is 5.11 Å². The van der Waals surface area contributed by atoms with Crippen LogP contribution in [0.2, 0.25) is 0 Å². The van der Waals surface area contributed by atoms with Gasteiger partial charge < -0.3 is 10.4 Å². The van der Waals surface area contributed by atoms with Crippen LogP contribution in [-0.4, -0.2) is 36.5 Å². The molecule has 3 atom stereocenters. The molecule has 29 heavy (non-hydrogen) atoms. The molecule has 0 aromatic heterocycles. The molecule has 0 heterocycles. The number of hydrogen-bond acceptors (Lipinski definition) is 2. The van der Waals surface area contributed by atoms with E-state index in [0.29, 0.717) is 37.0 Å². The lowest BCUT2D eigenvalue weighted by atomic mass is 9.73. The first-order valence-corrected chi connectivity index (χ1v) is 9.26. The second kappa shape index (κ2) is 7.45. The number of aliphatic hydroxyl groups is 1. The fraction of sp³-hybridized carbons (Fsp3) is 0.632. The standard InChI is InChI=1S/C19H20F7NO2/c20-17(18(21,22)23,19(24,25)26)11-2-4-12-10(9-11)1-3-14-13(12)5-6-15(14)16(29)27-7-8-28/h2,4,9,13-15,28H,1,3,5-8H2,(H,27,29)/t13-,14+,15+/m0/s1. The third-order valence-corrected chi connectivity index (χ3v) is 6.04. The van der Waals surface area contributed by atoms with E-state index < -0.39 is 23.6 Å². The minimum Gasteiger partial charge on any atom is -0.395 e. The van der Waals surface area contributed by atoms with Gasteiger partial charge in [-0.25, -0.2) is 4.39 Å². The molecular weight excluding hydrogens is 407 g/mol. The van der Waals surface area contributed by atoms with Crippen molar-refractivity contribution >= 4 is 5.91 Å². The third-order valence-electron chi connectivity index (χ3n) is 6.04. The predicted octanol–water partition coefficient (Wildman–Crippen LogP) is 4.14. The molecule has 1 aromatic carbocycles. The minimum atomic E-state index is -6.14. The van der Waals surface area contributed by atoms with E-state index in [1.54, 1.807) is 0 Å². The number of rotatable bonds is 4. The molecule has 1 fully saturated rings. The monoisotopic (exact) mass is 427 g/mol. The van der Waals surface area contributed by atoms with Crippen LogP contribution in [0.4, 0.5) is 30.7 Å². The van der Waals surface area contributed by atoms with Crippen LogP contribution in [0.5, 0.6) is 0 Å². The van der Waals surface area contributed by atoms with Gasteiger partial charge in [-0.15, -0.1) is 0 Å². The Hall–Kier alpha value is -1.84. The van der Waals surface area contributed by atoms with Crippen LogP contribution >= 0.6 is 0 Å². The number of hydrogen-bond donors (Lipinski definition) is 2. The SMILES string of the molecule is O=C(NCCO)[C@@H]1CC[C@H]2c3ccc(C(F)(C(F)(F)F)C(F)(F)F)cc3CC[C@@H]12. The zero-order chi connectivity index (χ0) is 21.6. The van der Waals surface area contributed by atoms with Crippen LogP contribution in [0.3, 0.4) is 0 Å². The van der Waals surface area contributed by atoms with Gasteiger partial charge in [0.25, 0.3) is 0 Å². The first-order chi connectivity index (χ1) is 13.4. The van der Waals surface area contributed by atoms with E-state index in [9.17, 15) is 35.5 Å². The largest absolute Gasteiger partial charge is 0.435 e. The summed E-state index contributed by atoms with van der Waals surface area (Å²) in [6.07, 6.45) is -10.6. The number of fused-ring (bicyclic) bond motifs is 3. The van der Waals surface area contributed by atoms with Crippen molar-refractivity contribution in [3.05, 3.63) is 34.9 Å². The molecule has 1 saturated carbocycles. The molecule has 0 saturated heterocycles. The number of benzene rings is 1.